The van der Waals surface area contributed by atoms with Gasteiger partial charge in [-0.1, -0.05) is 84.9 Å². The summed E-state index contributed by atoms with van der Waals surface area (Å²) in [6.45, 7) is 0. The quantitative estimate of drug-likeness (QED) is 0.273. The number of aromatic nitrogens is 2. The number of para-hydroxylation sites is 2. The van der Waals surface area contributed by atoms with Crippen LogP contribution in [0, 0.1) is 0 Å². The van der Waals surface area contributed by atoms with Crippen LogP contribution in [0.25, 0.3) is 33.6 Å². The van der Waals surface area contributed by atoms with Gasteiger partial charge in [0.2, 0.25) is 0 Å². The van der Waals surface area contributed by atoms with E-state index in [2.05, 4.69) is 83.4 Å². The van der Waals surface area contributed by atoms with E-state index in [-0.39, 0.29) is 0 Å². The fourth-order valence-electron chi connectivity index (χ4n) is 5.35. The van der Waals surface area contributed by atoms with Gasteiger partial charge in [0.25, 0.3) is 0 Å². The molecule has 4 heteroatoms. The number of nitrogens with zero attached hydrogens (tertiary/aromatic N) is 2. The van der Waals surface area contributed by atoms with Crippen molar-refractivity contribution in [1.29, 1.82) is 0 Å². The Hall–Kier alpha value is -4.20. The second kappa shape index (κ2) is 8.19. The van der Waals surface area contributed by atoms with Gasteiger partial charge in [-0.05, 0) is 48.0 Å². The zero-order chi connectivity index (χ0) is 24.1. The summed E-state index contributed by atoms with van der Waals surface area (Å²) in [5.74, 6) is 0. The maximum atomic E-state index is 15.2. The van der Waals surface area contributed by atoms with Crippen LogP contribution in [-0.4, -0.2) is 9.55 Å². The minimum Gasteiger partial charge on any atom is -0.309 e. The molecule has 0 amide bonds. The van der Waals surface area contributed by atoms with Gasteiger partial charge < -0.3 is 9.13 Å². The van der Waals surface area contributed by atoms with Gasteiger partial charge in [-0.2, -0.15) is 0 Å². The van der Waals surface area contributed by atoms with Crippen molar-refractivity contribution < 1.29 is 4.57 Å². The van der Waals surface area contributed by atoms with Crippen LogP contribution in [0.2, 0.25) is 0 Å². The molecule has 1 aliphatic carbocycles. The minimum absolute atomic E-state index is 0.641. The first-order valence-electron chi connectivity index (χ1n) is 12.2. The topological polar surface area (TPSA) is 34.9 Å². The highest BCUT2D eigenvalue weighted by Crippen LogP contribution is 2.44. The summed E-state index contributed by atoms with van der Waals surface area (Å²) < 4.78 is 17.5. The second-order valence-corrected chi connectivity index (χ2v) is 11.9. The van der Waals surface area contributed by atoms with Crippen molar-refractivity contribution in [2.75, 3.05) is 0 Å². The Balaban J connectivity index is 1.51. The fourth-order valence-corrected chi connectivity index (χ4v) is 7.91. The van der Waals surface area contributed by atoms with Crippen LogP contribution in [0.15, 0.2) is 121 Å². The van der Waals surface area contributed by atoms with Gasteiger partial charge in [-0.15, -0.1) is 0 Å². The molecular formula is C32H23N2OP. The van der Waals surface area contributed by atoms with Crippen molar-refractivity contribution in [3.63, 3.8) is 0 Å². The Morgan fingerprint density at radius 3 is 2.22 bits per heavy atom. The molecule has 0 fully saturated rings. The number of rotatable bonds is 4. The molecule has 1 aliphatic rings. The normalized spacial score (nSPS) is 14.2. The standard InChI is InChI=1S/C32H23N2OP/c35-36(25-13-5-2-6-14-25,32-21-18-23-10-9-16-29(23)33-32)26-19-20-31-28(22-26)27-15-7-8-17-30(27)34(31)24-11-3-1-4-12-24/h1-15,17-22H,16H2. The molecule has 0 radical (unpaired) electrons. The van der Waals surface area contributed by atoms with Crippen molar-refractivity contribution in [2.24, 2.45) is 0 Å². The lowest BCUT2D eigenvalue weighted by Crippen LogP contribution is -2.27. The number of benzene rings is 4. The lowest BCUT2D eigenvalue weighted by Gasteiger charge is -2.20. The van der Waals surface area contributed by atoms with Crippen LogP contribution in [0.4, 0.5) is 0 Å². The maximum absolute atomic E-state index is 15.2. The molecule has 0 aliphatic heterocycles. The van der Waals surface area contributed by atoms with Crippen molar-refractivity contribution in [3.8, 4) is 5.69 Å². The van der Waals surface area contributed by atoms with Gasteiger partial charge in [0.15, 0.2) is 7.14 Å². The lowest BCUT2D eigenvalue weighted by atomic mass is 10.1. The third-order valence-corrected chi connectivity index (χ3v) is 10.0. The molecule has 0 saturated carbocycles. The van der Waals surface area contributed by atoms with Gasteiger partial charge in [-0.25, -0.2) is 4.98 Å². The van der Waals surface area contributed by atoms with Crippen LogP contribution < -0.4 is 16.0 Å². The van der Waals surface area contributed by atoms with E-state index >= 15 is 4.57 Å². The summed E-state index contributed by atoms with van der Waals surface area (Å²) in [5, 5.41) is 3.83. The van der Waals surface area contributed by atoms with E-state index in [0.717, 1.165) is 55.8 Å². The molecule has 0 saturated heterocycles. The van der Waals surface area contributed by atoms with Crippen molar-refractivity contribution in [2.45, 2.75) is 6.42 Å². The monoisotopic (exact) mass is 482 g/mol. The van der Waals surface area contributed by atoms with Crippen LogP contribution in [0.1, 0.15) is 11.3 Å². The molecule has 2 heterocycles. The van der Waals surface area contributed by atoms with Crippen LogP contribution in [-0.2, 0) is 11.0 Å². The molecule has 2 aromatic heterocycles. The largest absolute Gasteiger partial charge is 0.309 e. The lowest BCUT2D eigenvalue weighted by molar-refractivity contribution is 0.592. The van der Waals surface area contributed by atoms with Crippen LogP contribution in [0.3, 0.4) is 0 Å². The molecule has 6 aromatic rings. The SMILES string of the molecule is O=P(c1ccccc1)(c1ccc2c(c1)c1ccccc1n2-c1ccccc1)c1ccc2c(n1)CC=C2. The third-order valence-electron chi connectivity index (χ3n) is 7.08. The van der Waals surface area contributed by atoms with E-state index in [0.29, 0.717) is 5.44 Å². The van der Waals surface area contributed by atoms with E-state index in [1.807, 2.05) is 48.5 Å². The van der Waals surface area contributed by atoms with Gasteiger partial charge in [0, 0.05) is 33.5 Å². The van der Waals surface area contributed by atoms with Gasteiger partial charge in [0.05, 0.1) is 16.7 Å². The summed E-state index contributed by atoms with van der Waals surface area (Å²) in [7, 11) is -3.20. The number of fused-ring (bicyclic) bond motifs is 4. The highest BCUT2D eigenvalue weighted by atomic mass is 31.2. The first-order valence-corrected chi connectivity index (χ1v) is 13.9. The van der Waals surface area contributed by atoms with Crippen molar-refractivity contribution >= 4 is 51.1 Å². The smallest absolute Gasteiger partial charge is 0.188 e. The zero-order valence-corrected chi connectivity index (χ0v) is 20.5. The van der Waals surface area contributed by atoms with E-state index in [1.165, 1.54) is 0 Å². The Labute approximate surface area is 209 Å². The van der Waals surface area contributed by atoms with E-state index in [1.54, 1.807) is 0 Å². The van der Waals surface area contributed by atoms with Gasteiger partial charge >= 0.3 is 0 Å². The first-order chi connectivity index (χ1) is 17.7. The highest BCUT2D eigenvalue weighted by molar-refractivity contribution is 7.85. The zero-order valence-electron chi connectivity index (χ0n) is 19.6. The number of hydrogen-bond acceptors (Lipinski definition) is 2. The van der Waals surface area contributed by atoms with Crippen molar-refractivity contribution in [1.82, 2.24) is 9.55 Å². The number of allylic oxidation sites excluding steroid dienone is 1. The van der Waals surface area contributed by atoms with Crippen molar-refractivity contribution in [3.05, 3.63) is 133 Å². The molecule has 172 valence electrons. The molecule has 36 heavy (non-hydrogen) atoms. The fraction of sp³-hybridized carbons (Fsp3) is 0.0312. The van der Waals surface area contributed by atoms with E-state index < -0.39 is 7.14 Å². The van der Waals surface area contributed by atoms with Gasteiger partial charge in [0.1, 0.15) is 5.44 Å². The predicted octanol–water partition coefficient (Wildman–Crippen LogP) is 6.39. The molecule has 3 nitrogen and oxygen atoms in total. The van der Waals surface area contributed by atoms with E-state index in [4.69, 9.17) is 4.98 Å². The molecule has 4 aromatic carbocycles. The summed E-state index contributed by atoms with van der Waals surface area (Å²) in [6.07, 6.45) is 4.98. The summed E-state index contributed by atoms with van der Waals surface area (Å²) in [4.78, 5) is 4.94. The maximum Gasteiger partial charge on any atom is 0.188 e. The van der Waals surface area contributed by atoms with Crippen LogP contribution in [0.5, 0.6) is 0 Å². The number of pyridine rings is 1. The molecule has 0 spiro atoms. The summed E-state index contributed by atoms with van der Waals surface area (Å²) >= 11 is 0. The molecule has 7 rings (SSSR count). The summed E-state index contributed by atoms with van der Waals surface area (Å²) in [6, 6.07) is 38.9. The number of hydrogen-bond donors (Lipinski definition) is 0. The molecule has 1 unspecified atom stereocenters. The average molecular weight is 483 g/mol. The molecular weight excluding hydrogens is 459 g/mol. The Morgan fingerprint density at radius 1 is 0.667 bits per heavy atom. The Morgan fingerprint density at radius 2 is 1.39 bits per heavy atom. The van der Waals surface area contributed by atoms with Crippen LogP contribution >= 0.6 is 7.14 Å². The minimum atomic E-state index is -3.20. The average Bonchev–Trinajstić information content (AvgIpc) is 3.55. The predicted molar refractivity (Wildman–Crippen MR) is 151 cm³/mol. The molecule has 0 bridgehead atoms. The van der Waals surface area contributed by atoms with E-state index in [9.17, 15) is 0 Å². The Kier molecular flexibility index (Phi) is 4.80. The first kappa shape index (κ1) is 21.1. The second-order valence-electron chi connectivity index (χ2n) is 9.15. The molecule has 0 N–H and O–H groups in total. The Bertz CT molecular complexity index is 1840. The third kappa shape index (κ3) is 3.13. The highest BCUT2D eigenvalue weighted by Gasteiger charge is 2.32. The van der Waals surface area contributed by atoms with Gasteiger partial charge in [-0.3, -0.25) is 0 Å². The summed E-state index contributed by atoms with van der Waals surface area (Å²) in [5.41, 5.74) is 6.08. The molecule has 1 atom stereocenters.